The minimum Gasteiger partial charge on any atom is -0.360 e. The third-order valence-electron chi connectivity index (χ3n) is 3.38. The molecule has 1 atom stereocenters. The minimum absolute atomic E-state index is 0.377. The fraction of sp³-hybridized carbons (Fsp3) is 1.00. The van der Waals surface area contributed by atoms with Gasteiger partial charge in [0.2, 0.25) is 0 Å². The second kappa shape index (κ2) is 12.6. The normalized spacial score (nSPS) is 13.6. The molecule has 20 heavy (non-hydrogen) atoms. The molecule has 0 radical (unpaired) electrons. The number of hydrogen-bond acceptors (Lipinski definition) is 3. The van der Waals surface area contributed by atoms with Crippen LogP contribution in [0.3, 0.4) is 0 Å². The van der Waals surface area contributed by atoms with Crippen LogP contribution in [0.15, 0.2) is 0 Å². The van der Waals surface area contributed by atoms with Crippen molar-refractivity contribution in [1.29, 1.82) is 0 Å². The smallest absolute Gasteiger partial charge is 0.292 e. The van der Waals surface area contributed by atoms with Gasteiger partial charge in [-0.3, -0.25) is 4.55 Å². The highest BCUT2D eigenvalue weighted by molar-refractivity contribution is 7.86. The van der Waals surface area contributed by atoms with Crippen LogP contribution in [0.4, 0.5) is 0 Å². The van der Waals surface area contributed by atoms with E-state index in [2.05, 4.69) is 6.92 Å². The molecule has 0 amide bonds. The van der Waals surface area contributed by atoms with Crippen LogP contribution in [0.1, 0.15) is 84.5 Å². The quantitative estimate of drug-likeness (QED) is 0.378. The second-order valence-electron chi connectivity index (χ2n) is 5.43. The predicted molar refractivity (Wildman–Crippen MR) is 83.4 cm³/mol. The standard InChI is InChI=1S/C15H32O4S/c1-3-5-6-7-8-9-10-11-12-13-15(19-14-4-2)20(16,17)18/h15H,3-14H2,1-2H3,(H,16,17,18). The van der Waals surface area contributed by atoms with Gasteiger partial charge in [-0.25, -0.2) is 0 Å². The van der Waals surface area contributed by atoms with Crippen LogP contribution in [0, 0.1) is 0 Å². The van der Waals surface area contributed by atoms with E-state index in [1.54, 1.807) is 0 Å². The van der Waals surface area contributed by atoms with Gasteiger partial charge in [-0.1, -0.05) is 65.2 Å². The van der Waals surface area contributed by atoms with Crippen molar-refractivity contribution in [2.24, 2.45) is 0 Å². The maximum absolute atomic E-state index is 11.1. The first-order valence-electron chi connectivity index (χ1n) is 8.10. The molecule has 5 heteroatoms. The minimum atomic E-state index is -4.07. The Bertz CT molecular complexity index is 301. The lowest BCUT2D eigenvalue weighted by atomic mass is 10.1. The molecule has 122 valence electrons. The van der Waals surface area contributed by atoms with Crippen molar-refractivity contribution in [3.8, 4) is 0 Å². The van der Waals surface area contributed by atoms with E-state index in [-0.39, 0.29) is 0 Å². The third kappa shape index (κ3) is 11.7. The lowest BCUT2D eigenvalue weighted by Gasteiger charge is -2.14. The van der Waals surface area contributed by atoms with Crippen LogP contribution in [-0.2, 0) is 14.9 Å². The number of hydrogen-bond donors (Lipinski definition) is 1. The van der Waals surface area contributed by atoms with E-state index < -0.39 is 15.6 Å². The SMILES string of the molecule is CCCCCCCCCCCC(OCCC)S(=O)(=O)O. The van der Waals surface area contributed by atoms with Crippen molar-refractivity contribution < 1.29 is 17.7 Å². The van der Waals surface area contributed by atoms with Gasteiger partial charge in [0.05, 0.1) is 0 Å². The van der Waals surface area contributed by atoms with E-state index in [1.165, 1.54) is 38.5 Å². The van der Waals surface area contributed by atoms with E-state index in [9.17, 15) is 8.42 Å². The molecule has 0 spiro atoms. The molecule has 0 fully saturated rings. The Kier molecular flexibility index (Phi) is 12.5. The summed E-state index contributed by atoms with van der Waals surface area (Å²) in [4.78, 5) is 0. The zero-order valence-corrected chi connectivity index (χ0v) is 14.0. The molecule has 0 saturated heterocycles. The summed E-state index contributed by atoms with van der Waals surface area (Å²) in [5.74, 6) is 0. The molecule has 0 aromatic rings. The Morgan fingerprint density at radius 2 is 1.35 bits per heavy atom. The van der Waals surface area contributed by atoms with Crippen molar-refractivity contribution in [2.45, 2.75) is 89.9 Å². The van der Waals surface area contributed by atoms with E-state index in [0.29, 0.717) is 13.0 Å². The summed E-state index contributed by atoms with van der Waals surface area (Å²) < 4.78 is 36.5. The molecule has 0 aromatic carbocycles. The highest BCUT2D eigenvalue weighted by Gasteiger charge is 2.22. The number of ether oxygens (including phenoxy) is 1. The van der Waals surface area contributed by atoms with Gasteiger partial charge >= 0.3 is 0 Å². The Morgan fingerprint density at radius 3 is 1.80 bits per heavy atom. The number of rotatable bonds is 14. The fourth-order valence-electron chi connectivity index (χ4n) is 2.19. The average Bonchev–Trinajstić information content (AvgIpc) is 2.38. The average molecular weight is 308 g/mol. The Labute approximate surface area is 125 Å². The van der Waals surface area contributed by atoms with Gasteiger partial charge in [0.1, 0.15) is 0 Å². The molecule has 1 unspecified atom stereocenters. The van der Waals surface area contributed by atoms with Crippen LogP contribution >= 0.6 is 0 Å². The topological polar surface area (TPSA) is 63.6 Å². The fourth-order valence-corrected chi connectivity index (χ4v) is 2.92. The summed E-state index contributed by atoms with van der Waals surface area (Å²) >= 11 is 0. The van der Waals surface area contributed by atoms with Crippen molar-refractivity contribution in [3.63, 3.8) is 0 Å². The lowest BCUT2D eigenvalue weighted by Crippen LogP contribution is -2.24. The van der Waals surface area contributed by atoms with Crippen LogP contribution < -0.4 is 0 Å². The largest absolute Gasteiger partial charge is 0.360 e. The monoisotopic (exact) mass is 308 g/mol. The van der Waals surface area contributed by atoms with Gasteiger partial charge in [0.25, 0.3) is 10.1 Å². The molecular formula is C15H32O4S. The Balaban J connectivity index is 3.59. The molecule has 0 aliphatic carbocycles. The number of unbranched alkanes of at least 4 members (excludes halogenated alkanes) is 8. The van der Waals surface area contributed by atoms with Crippen molar-refractivity contribution in [2.75, 3.05) is 6.61 Å². The summed E-state index contributed by atoms with van der Waals surface area (Å²) in [5.41, 5.74) is -1.04. The first-order chi connectivity index (χ1) is 9.52. The van der Waals surface area contributed by atoms with Crippen molar-refractivity contribution in [1.82, 2.24) is 0 Å². The first-order valence-corrected chi connectivity index (χ1v) is 9.60. The van der Waals surface area contributed by atoms with Crippen molar-refractivity contribution in [3.05, 3.63) is 0 Å². The van der Waals surface area contributed by atoms with E-state index in [0.717, 1.165) is 25.7 Å². The summed E-state index contributed by atoms with van der Waals surface area (Å²) in [5, 5.41) is 0. The van der Waals surface area contributed by atoms with Gasteiger partial charge < -0.3 is 4.74 Å². The predicted octanol–water partition coefficient (Wildman–Crippen LogP) is 4.55. The van der Waals surface area contributed by atoms with Crippen LogP contribution in [0.25, 0.3) is 0 Å². The van der Waals surface area contributed by atoms with E-state index >= 15 is 0 Å². The van der Waals surface area contributed by atoms with Gasteiger partial charge in [-0.15, -0.1) is 0 Å². The molecule has 0 heterocycles. The molecule has 1 N–H and O–H groups in total. The molecule has 0 rings (SSSR count). The van der Waals surface area contributed by atoms with E-state index in [4.69, 9.17) is 9.29 Å². The Hall–Kier alpha value is -0.130. The summed E-state index contributed by atoms with van der Waals surface area (Å²) in [7, 11) is -4.07. The van der Waals surface area contributed by atoms with Crippen LogP contribution in [0.5, 0.6) is 0 Å². The van der Waals surface area contributed by atoms with Gasteiger partial charge in [-0.2, -0.15) is 8.42 Å². The lowest BCUT2D eigenvalue weighted by molar-refractivity contribution is 0.0919. The highest BCUT2D eigenvalue weighted by Crippen LogP contribution is 2.15. The van der Waals surface area contributed by atoms with Gasteiger partial charge in [0, 0.05) is 6.61 Å². The summed E-state index contributed by atoms with van der Waals surface area (Å²) in [6, 6.07) is 0. The first kappa shape index (κ1) is 19.9. The van der Waals surface area contributed by atoms with E-state index in [1.807, 2.05) is 6.92 Å². The Morgan fingerprint density at radius 1 is 0.850 bits per heavy atom. The van der Waals surface area contributed by atoms with Gasteiger partial charge in [-0.05, 0) is 19.3 Å². The molecular weight excluding hydrogens is 276 g/mol. The third-order valence-corrected chi connectivity index (χ3v) is 4.42. The molecule has 0 aliphatic rings. The molecule has 0 saturated carbocycles. The van der Waals surface area contributed by atoms with Crippen molar-refractivity contribution >= 4 is 10.1 Å². The summed E-state index contributed by atoms with van der Waals surface area (Å²) in [6.07, 6.45) is 11.8. The van der Waals surface area contributed by atoms with Gasteiger partial charge in [0.15, 0.2) is 5.44 Å². The second-order valence-corrected chi connectivity index (χ2v) is 6.99. The van der Waals surface area contributed by atoms with Crippen LogP contribution in [0.2, 0.25) is 0 Å². The zero-order valence-electron chi connectivity index (χ0n) is 13.1. The molecule has 4 nitrogen and oxygen atoms in total. The molecule has 0 bridgehead atoms. The molecule has 0 aromatic heterocycles. The zero-order chi connectivity index (χ0) is 15.3. The molecule has 0 aliphatic heterocycles. The maximum Gasteiger partial charge on any atom is 0.292 e. The van der Waals surface area contributed by atoms with Crippen LogP contribution in [-0.4, -0.2) is 25.0 Å². The maximum atomic E-state index is 11.1. The summed E-state index contributed by atoms with van der Waals surface area (Å²) in [6.45, 7) is 4.51. The highest BCUT2D eigenvalue weighted by atomic mass is 32.2.